The molecule has 0 bridgehead atoms. The van der Waals surface area contributed by atoms with Gasteiger partial charge in [0.05, 0.1) is 25.4 Å². The topological polar surface area (TPSA) is 95.9 Å². The molecular formula is C63H119NO5. The van der Waals surface area contributed by atoms with E-state index in [0.717, 1.165) is 51.4 Å². The summed E-state index contributed by atoms with van der Waals surface area (Å²) in [6.07, 6.45) is 73.1. The van der Waals surface area contributed by atoms with Gasteiger partial charge in [0.2, 0.25) is 5.91 Å². The maximum atomic E-state index is 12.4. The number of hydrogen-bond acceptors (Lipinski definition) is 5. The average Bonchev–Trinajstić information content (AvgIpc) is 3.35. The summed E-state index contributed by atoms with van der Waals surface area (Å²) < 4.78 is 5.48. The third kappa shape index (κ3) is 55.2. The van der Waals surface area contributed by atoms with E-state index in [9.17, 15) is 19.8 Å². The maximum absolute atomic E-state index is 12.4. The van der Waals surface area contributed by atoms with Crippen LogP contribution in [-0.2, 0) is 14.3 Å². The predicted octanol–water partition coefficient (Wildman–Crippen LogP) is 19.2. The van der Waals surface area contributed by atoms with Crippen LogP contribution in [0.1, 0.15) is 328 Å². The number of nitrogens with one attached hydrogen (secondary N) is 1. The molecular weight excluding hydrogens is 851 g/mol. The minimum atomic E-state index is -0.662. The summed E-state index contributed by atoms with van der Waals surface area (Å²) in [5.41, 5.74) is 0. The van der Waals surface area contributed by atoms with Crippen LogP contribution < -0.4 is 5.32 Å². The van der Waals surface area contributed by atoms with Crippen molar-refractivity contribution in [3.63, 3.8) is 0 Å². The second kappa shape index (κ2) is 58.6. The number of aliphatic hydroxyl groups is 2. The van der Waals surface area contributed by atoms with Crippen LogP contribution in [-0.4, -0.2) is 47.4 Å². The molecule has 0 fully saturated rings. The zero-order valence-electron chi connectivity index (χ0n) is 46.3. The van der Waals surface area contributed by atoms with Gasteiger partial charge in [-0.3, -0.25) is 9.59 Å². The van der Waals surface area contributed by atoms with Crippen LogP contribution in [0.4, 0.5) is 0 Å². The number of hydrogen-bond donors (Lipinski definition) is 3. The SMILES string of the molecule is CCCCC/C=C\C/C=C\CCCCCCCC(=O)OCCCCCCCCCCCCCC/C=C\CCCCCCCCCCCCCCC(=O)NC(CO)C(O)CCCCCCCCCCC. The standard InChI is InChI=1S/C63H119NO5/c1-3-5-7-9-11-13-14-15-30-34-37-41-45-49-53-57-63(68)69-58-54-50-46-42-38-35-32-29-27-25-23-21-19-17-16-18-20-22-24-26-28-31-33-36-40-44-48-52-56-62(67)64-60(59-65)61(66)55-51-47-43-39-12-10-8-6-4-2/h11,13,15-17,30,60-61,65-66H,3-10,12,14,18-29,31-59H2,1-2H3,(H,64,67)/b13-11-,17-16-,30-15-. The normalized spacial score (nSPS) is 12.8. The molecule has 0 radical (unpaired) electrons. The van der Waals surface area contributed by atoms with Crippen LogP contribution in [0.2, 0.25) is 0 Å². The molecule has 0 saturated heterocycles. The first kappa shape index (κ1) is 67.1. The van der Waals surface area contributed by atoms with Crippen molar-refractivity contribution < 1.29 is 24.5 Å². The average molecular weight is 971 g/mol. The number of carbonyl (C=O) groups excluding carboxylic acids is 2. The smallest absolute Gasteiger partial charge is 0.305 e. The van der Waals surface area contributed by atoms with Crippen LogP contribution in [0.5, 0.6) is 0 Å². The molecule has 0 aromatic heterocycles. The lowest BCUT2D eigenvalue weighted by molar-refractivity contribution is -0.143. The summed E-state index contributed by atoms with van der Waals surface area (Å²) >= 11 is 0. The van der Waals surface area contributed by atoms with Crippen molar-refractivity contribution in [1.82, 2.24) is 5.32 Å². The molecule has 406 valence electrons. The fourth-order valence-electron chi connectivity index (χ4n) is 9.43. The lowest BCUT2D eigenvalue weighted by atomic mass is 10.0. The largest absolute Gasteiger partial charge is 0.466 e. The molecule has 0 aromatic rings. The Morgan fingerprint density at radius 1 is 0.406 bits per heavy atom. The highest BCUT2D eigenvalue weighted by Gasteiger charge is 2.20. The first-order valence-corrected chi connectivity index (χ1v) is 30.7. The first-order chi connectivity index (χ1) is 34.0. The van der Waals surface area contributed by atoms with Gasteiger partial charge in [-0.05, 0) is 83.5 Å². The summed E-state index contributed by atoms with van der Waals surface area (Å²) in [6, 6.07) is -0.539. The second-order valence-electron chi connectivity index (χ2n) is 21.0. The Bertz CT molecular complexity index is 1120. The van der Waals surface area contributed by atoms with Gasteiger partial charge in [0.15, 0.2) is 0 Å². The highest BCUT2D eigenvalue weighted by Crippen LogP contribution is 2.17. The highest BCUT2D eigenvalue weighted by molar-refractivity contribution is 5.76. The molecule has 0 aliphatic rings. The summed E-state index contributed by atoms with van der Waals surface area (Å²) in [5.74, 6) is -0.0354. The van der Waals surface area contributed by atoms with E-state index in [1.807, 2.05) is 0 Å². The zero-order valence-corrected chi connectivity index (χ0v) is 46.3. The Morgan fingerprint density at radius 3 is 1.14 bits per heavy atom. The number of esters is 1. The van der Waals surface area contributed by atoms with Gasteiger partial charge in [-0.15, -0.1) is 0 Å². The van der Waals surface area contributed by atoms with E-state index < -0.39 is 12.1 Å². The Labute approximate surface area is 430 Å². The Morgan fingerprint density at radius 2 is 0.725 bits per heavy atom. The first-order valence-electron chi connectivity index (χ1n) is 30.7. The van der Waals surface area contributed by atoms with Crippen molar-refractivity contribution >= 4 is 11.9 Å². The second-order valence-corrected chi connectivity index (χ2v) is 21.0. The van der Waals surface area contributed by atoms with Gasteiger partial charge in [0, 0.05) is 12.8 Å². The third-order valence-electron chi connectivity index (χ3n) is 14.2. The molecule has 2 unspecified atom stereocenters. The molecule has 0 saturated carbocycles. The predicted molar refractivity (Wildman–Crippen MR) is 301 cm³/mol. The number of allylic oxidation sites excluding steroid dienone is 6. The molecule has 0 aliphatic heterocycles. The van der Waals surface area contributed by atoms with Gasteiger partial charge in [-0.25, -0.2) is 0 Å². The molecule has 3 N–H and O–H groups in total. The zero-order chi connectivity index (χ0) is 50.0. The molecule has 0 aliphatic carbocycles. The molecule has 6 heteroatoms. The van der Waals surface area contributed by atoms with Crippen molar-refractivity contribution in [2.45, 2.75) is 341 Å². The van der Waals surface area contributed by atoms with E-state index in [4.69, 9.17) is 4.74 Å². The summed E-state index contributed by atoms with van der Waals surface area (Å²) in [4.78, 5) is 24.5. The molecule has 69 heavy (non-hydrogen) atoms. The highest BCUT2D eigenvalue weighted by atomic mass is 16.5. The lowest BCUT2D eigenvalue weighted by Crippen LogP contribution is -2.45. The van der Waals surface area contributed by atoms with Crippen LogP contribution in [0.3, 0.4) is 0 Å². The number of ether oxygens (including phenoxy) is 1. The van der Waals surface area contributed by atoms with E-state index in [-0.39, 0.29) is 18.5 Å². The minimum Gasteiger partial charge on any atom is -0.466 e. The van der Waals surface area contributed by atoms with Crippen molar-refractivity contribution in [3.8, 4) is 0 Å². The molecule has 6 nitrogen and oxygen atoms in total. The third-order valence-corrected chi connectivity index (χ3v) is 14.2. The Balaban J connectivity index is 3.35. The summed E-state index contributed by atoms with van der Waals surface area (Å²) in [5, 5.41) is 23.1. The number of rotatable bonds is 57. The molecule has 2 atom stereocenters. The van der Waals surface area contributed by atoms with Crippen molar-refractivity contribution in [3.05, 3.63) is 36.5 Å². The van der Waals surface area contributed by atoms with Crippen LogP contribution in [0, 0.1) is 0 Å². The van der Waals surface area contributed by atoms with Gasteiger partial charge in [0.25, 0.3) is 0 Å². The summed E-state index contributed by atoms with van der Waals surface area (Å²) in [6.45, 7) is 4.91. The van der Waals surface area contributed by atoms with E-state index in [1.54, 1.807) is 0 Å². The minimum absolute atomic E-state index is 0.00158. The van der Waals surface area contributed by atoms with E-state index in [2.05, 4.69) is 55.6 Å². The van der Waals surface area contributed by atoms with Gasteiger partial charge >= 0.3 is 5.97 Å². The monoisotopic (exact) mass is 970 g/mol. The Kier molecular flexibility index (Phi) is 57.0. The van der Waals surface area contributed by atoms with Crippen molar-refractivity contribution in [2.75, 3.05) is 13.2 Å². The molecule has 0 heterocycles. The van der Waals surface area contributed by atoms with Gasteiger partial charge in [-0.1, -0.05) is 269 Å². The van der Waals surface area contributed by atoms with Crippen LogP contribution in [0.25, 0.3) is 0 Å². The van der Waals surface area contributed by atoms with Gasteiger partial charge in [-0.2, -0.15) is 0 Å². The quantitative estimate of drug-likeness (QED) is 0.0321. The molecule has 0 spiro atoms. The molecule has 0 aromatic carbocycles. The van der Waals surface area contributed by atoms with Crippen LogP contribution >= 0.6 is 0 Å². The number of amides is 1. The van der Waals surface area contributed by atoms with Crippen molar-refractivity contribution in [2.24, 2.45) is 0 Å². The fraction of sp³-hybridized carbons (Fsp3) is 0.873. The summed E-state index contributed by atoms with van der Waals surface area (Å²) in [7, 11) is 0. The van der Waals surface area contributed by atoms with E-state index in [0.29, 0.717) is 25.9 Å². The van der Waals surface area contributed by atoms with Crippen LogP contribution in [0.15, 0.2) is 36.5 Å². The number of carbonyl (C=O) groups is 2. The van der Waals surface area contributed by atoms with E-state index in [1.165, 1.54) is 244 Å². The lowest BCUT2D eigenvalue weighted by Gasteiger charge is -2.22. The van der Waals surface area contributed by atoms with E-state index >= 15 is 0 Å². The molecule has 1 amide bonds. The molecule has 0 rings (SSSR count). The maximum Gasteiger partial charge on any atom is 0.305 e. The van der Waals surface area contributed by atoms with Crippen molar-refractivity contribution in [1.29, 1.82) is 0 Å². The van der Waals surface area contributed by atoms with Gasteiger partial charge < -0.3 is 20.3 Å². The fourth-order valence-corrected chi connectivity index (χ4v) is 9.43. The Hall–Kier alpha value is -1.92. The number of unbranched alkanes of at least 4 members (excludes halogenated alkanes) is 40. The number of aliphatic hydroxyl groups excluding tert-OH is 2. The van der Waals surface area contributed by atoms with Gasteiger partial charge in [0.1, 0.15) is 0 Å².